The molecule has 3 nitrogen and oxygen atoms in total. The van der Waals surface area contributed by atoms with Crippen LogP contribution < -0.4 is 9.64 Å². The van der Waals surface area contributed by atoms with Crippen LogP contribution in [0.25, 0.3) is 0 Å². The van der Waals surface area contributed by atoms with Crippen molar-refractivity contribution in [2.24, 2.45) is 0 Å². The number of halogens is 1. The molecule has 1 atom stereocenters. The summed E-state index contributed by atoms with van der Waals surface area (Å²) in [4.78, 5) is 15.2. The van der Waals surface area contributed by atoms with E-state index in [0.717, 1.165) is 12.2 Å². The third-order valence-corrected chi connectivity index (χ3v) is 11.9. The van der Waals surface area contributed by atoms with Crippen molar-refractivity contribution in [1.82, 2.24) is 0 Å². The topological polar surface area (TPSA) is 29.5 Å². The summed E-state index contributed by atoms with van der Waals surface area (Å²) >= 11 is 0. The lowest BCUT2D eigenvalue weighted by molar-refractivity contribution is -0.120. The van der Waals surface area contributed by atoms with Crippen LogP contribution in [-0.2, 0) is 4.79 Å². The van der Waals surface area contributed by atoms with E-state index < -0.39 is 15.8 Å². The minimum absolute atomic E-state index is 0.0956. The number of rotatable bonds is 6. The summed E-state index contributed by atoms with van der Waals surface area (Å²) in [6, 6.07) is 16.2. The molecular weight excluding hydrogens is 409 g/mol. The normalized spacial score (nSPS) is 21.8. The number of hydrogen-bond acceptors (Lipinski definition) is 2. The third kappa shape index (κ3) is 5.43. The molecule has 1 spiro atoms. The molecule has 2 fully saturated rings. The Hall–Kier alpha value is -2.01. The van der Waals surface area contributed by atoms with Crippen LogP contribution in [0.5, 0.6) is 5.75 Å². The van der Waals surface area contributed by atoms with Crippen molar-refractivity contribution in [2.45, 2.75) is 50.2 Å². The monoisotopic (exact) mass is 443 g/mol. The van der Waals surface area contributed by atoms with Crippen LogP contribution in [0.15, 0.2) is 54.6 Å². The van der Waals surface area contributed by atoms with Crippen LogP contribution in [0.3, 0.4) is 0 Å². The van der Waals surface area contributed by atoms with Crippen LogP contribution in [0.1, 0.15) is 44.9 Å². The predicted molar refractivity (Wildman–Crippen MR) is 129 cm³/mol. The van der Waals surface area contributed by atoms with E-state index in [4.69, 9.17) is 4.74 Å². The molecule has 2 aromatic rings. The van der Waals surface area contributed by atoms with Crippen LogP contribution in [0.4, 0.5) is 10.1 Å². The van der Waals surface area contributed by atoms with Gasteiger partial charge in [-0.2, -0.15) is 0 Å². The first-order chi connectivity index (χ1) is 15.2. The lowest BCUT2D eigenvalue weighted by Gasteiger charge is -2.45. The molecule has 5 heteroatoms. The lowest BCUT2D eigenvalue weighted by atomic mass is 10.2. The van der Waals surface area contributed by atoms with Gasteiger partial charge in [0.1, 0.15) is 0 Å². The van der Waals surface area contributed by atoms with Gasteiger partial charge in [-0.25, -0.2) is 14.4 Å². The van der Waals surface area contributed by atoms with Gasteiger partial charge in [0, 0.05) is 17.5 Å². The first kappa shape index (κ1) is 22.2. The van der Waals surface area contributed by atoms with Crippen molar-refractivity contribution in [3.8, 4) is 5.75 Å². The number of nitrogens with zero attached hydrogens (tertiary/aromatic N) is 1. The molecule has 0 saturated carbocycles. The SMILES string of the molecule is O=C(COc1ccccc1F)N(CC1CCCS12CCCCCCC2)c1ccccc1. The Kier molecular flexibility index (Phi) is 7.54. The zero-order valence-electron chi connectivity index (χ0n) is 18.3. The minimum atomic E-state index is -0.668. The Bertz CT molecular complexity index is 851. The van der Waals surface area contributed by atoms with Gasteiger partial charge < -0.3 is 9.64 Å². The van der Waals surface area contributed by atoms with E-state index >= 15 is 0 Å². The second-order valence-corrected chi connectivity index (χ2v) is 12.9. The second kappa shape index (κ2) is 10.5. The largest absolute Gasteiger partial charge is 0.481 e. The summed E-state index contributed by atoms with van der Waals surface area (Å²) in [5.41, 5.74) is 0.914. The minimum Gasteiger partial charge on any atom is -0.481 e. The van der Waals surface area contributed by atoms with Gasteiger partial charge in [-0.1, -0.05) is 49.6 Å². The highest BCUT2D eigenvalue weighted by molar-refractivity contribution is 8.34. The van der Waals surface area contributed by atoms with Crippen molar-refractivity contribution < 1.29 is 13.9 Å². The molecule has 0 aliphatic carbocycles. The second-order valence-electron chi connectivity index (χ2n) is 8.82. The fourth-order valence-corrected chi connectivity index (χ4v) is 10.2. The molecular formula is C26H34FNO2S. The lowest BCUT2D eigenvalue weighted by Crippen LogP contribution is -2.42. The predicted octanol–water partition coefficient (Wildman–Crippen LogP) is 6.17. The maximum Gasteiger partial charge on any atom is 0.264 e. The van der Waals surface area contributed by atoms with Crippen LogP contribution in [0, 0.1) is 5.82 Å². The van der Waals surface area contributed by atoms with E-state index in [0.29, 0.717) is 5.25 Å². The molecule has 2 heterocycles. The van der Waals surface area contributed by atoms with Gasteiger partial charge in [-0.15, -0.1) is 0 Å². The van der Waals surface area contributed by atoms with Gasteiger partial charge in [-0.05, 0) is 67.2 Å². The number of anilines is 1. The van der Waals surface area contributed by atoms with E-state index in [-0.39, 0.29) is 18.3 Å². The maximum atomic E-state index is 14.0. The average Bonchev–Trinajstić information content (AvgIpc) is 3.17. The highest BCUT2D eigenvalue weighted by atomic mass is 32.3. The van der Waals surface area contributed by atoms with Crippen molar-refractivity contribution in [1.29, 1.82) is 0 Å². The highest BCUT2D eigenvalue weighted by Gasteiger charge is 2.39. The van der Waals surface area contributed by atoms with Gasteiger partial charge >= 0.3 is 0 Å². The van der Waals surface area contributed by atoms with Crippen LogP contribution in [-0.4, -0.2) is 41.6 Å². The summed E-state index contributed by atoms with van der Waals surface area (Å²) < 4.78 is 19.5. The fourth-order valence-electron chi connectivity index (χ4n) is 5.16. The van der Waals surface area contributed by atoms with Gasteiger partial charge in [0.25, 0.3) is 5.91 Å². The highest BCUT2D eigenvalue weighted by Crippen LogP contribution is 2.61. The molecule has 0 radical (unpaired) electrons. The Balaban J connectivity index is 1.51. The first-order valence-electron chi connectivity index (χ1n) is 11.7. The van der Waals surface area contributed by atoms with E-state index in [1.165, 1.54) is 68.3 Å². The molecule has 2 aliphatic heterocycles. The molecule has 2 aliphatic rings. The zero-order valence-corrected chi connectivity index (χ0v) is 19.1. The van der Waals surface area contributed by atoms with E-state index in [9.17, 15) is 9.18 Å². The van der Waals surface area contributed by atoms with Gasteiger partial charge in [0.2, 0.25) is 0 Å². The smallest absolute Gasteiger partial charge is 0.264 e. The Morgan fingerprint density at radius 3 is 2.29 bits per heavy atom. The summed E-state index contributed by atoms with van der Waals surface area (Å²) in [5, 5.41) is 0.600. The van der Waals surface area contributed by atoms with Crippen LogP contribution in [0.2, 0.25) is 0 Å². The Morgan fingerprint density at radius 2 is 1.55 bits per heavy atom. The summed E-state index contributed by atoms with van der Waals surface area (Å²) in [6.07, 6.45) is 9.31. The molecule has 168 valence electrons. The Labute approximate surface area is 187 Å². The number of benzene rings is 2. The van der Waals surface area contributed by atoms with E-state index in [1.807, 2.05) is 35.2 Å². The van der Waals surface area contributed by atoms with Gasteiger partial charge in [0.05, 0.1) is 0 Å². The van der Waals surface area contributed by atoms with E-state index in [2.05, 4.69) is 0 Å². The molecule has 31 heavy (non-hydrogen) atoms. The molecule has 2 aromatic carbocycles. The summed E-state index contributed by atoms with van der Waals surface area (Å²) in [6.45, 7) is 0.615. The van der Waals surface area contributed by atoms with Crippen molar-refractivity contribution in [3.63, 3.8) is 0 Å². The fraction of sp³-hybridized carbons (Fsp3) is 0.500. The number of hydrogen-bond donors (Lipinski definition) is 0. The summed E-state index contributed by atoms with van der Waals surface area (Å²) in [7, 11) is -0.668. The van der Waals surface area contributed by atoms with Gasteiger partial charge in [-0.3, -0.25) is 4.79 Å². The molecule has 4 rings (SSSR count). The molecule has 2 saturated heterocycles. The Morgan fingerprint density at radius 1 is 0.903 bits per heavy atom. The number of para-hydroxylation sites is 2. The molecule has 0 aromatic heterocycles. The van der Waals surface area contributed by atoms with Crippen LogP contribution >= 0.6 is 10.0 Å². The molecule has 1 amide bonds. The average molecular weight is 444 g/mol. The number of carbonyl (C=O) groups is 1. The van der Waals surface area contributed by atoms with E-state index in [1.54, 1.807) is 18.2 Å². The molecule has 0 N–H and O–H groups in total. The van der Waals surface area contributed by atoms with Gasteiger partial charge in [0.15, 0.2) is 18.2 Å². The number of carbonyl (C=O) groups excluding carboxylic acids is 1. The molecule has 0 bridgehead atoms. The third-order valence-electron chi connectivity index (χ3n) is 6.83. The summed E-state index contributed by atoms with van der Waals surface area (Å²) in [5.74, 6) is 3.73. The van der Waals surface area contributed by atoms with Crippen molar-refractivity contribution >= 4 is 21.6 Å². The number of amides is 1. The number of ether oxygens (including phenoxy) is 1. The standard InChI is InChI=1S/C26H34FNO2S/c27-24-15-7-8-16-25(24)30-21-26(29)28(22-12-5-4-6-13-22)20-23-14-11-19-31(23)17-9-2-1-3-10-18-31/h4-8,12-13,15-16,23H,1-3,9-11,14,17-21H2. The first-order valence-corrected chi connectivity index (χ1v) is 13.9. The zero-order chi connectivity index (χ0) is 21.5. The maximum absolute atomic E-state index is 14.0. The van der Waals surface area contributed by atoms with Crippen molar-refractivity contribution in [3.05, 3.63) is 60.4 Å². The van der Waals surface area contributed by atoms with Crippen molar-refractivity contribution in [2.75, 3.05) is 35.3 Å². The molecule has 1 unspecified atom stereocenters. The quantitative estimate of drug-likeness (QED) is 0.534.